The quantitative estimate of drug-likeness (QED) is 0.864. The van der Waals surface area contributed by atoms with Crippen molar-refractivity contribution in [2.75, 3.05) is 31.1 Å². The fourth-order valence-corrected chi connectivity index (χ4v) is 3.65. The van der Waals surface area contributed by atoms with Gasteiger partial charge in [-0.3, -0.25) is 9.69 Å². The van der Waals surface area contributed by atoms with Gasteiger partial charge in [0.1, 0.15) is 5.82 Å². The zero-order valence-electron chi connectivity index (χ0n) is 14.8. The summed E-state index contributed by atoms with van der Waals surface area (Å²) in [6.45, 7) is 4.38. The Hall–Kier alpha value is -2.48. The number of likely N-dealkylation sites (tertiary alicyclic amines) is 1. The van der Waals surface area contributed by atoms with E-state index in [1.807, 2.05) is 12.1 Å². The van der Waals surface area contributed by atoms with Gasteiger partial charge in [0, 0.05) is 30.8 Å². The second kappa shape index (κ2) is 7.41. The standard InChI is InChI=1S/C18H24N6O2/c19-17(25)13-5-9-23(10-6-13)12-16-21-18(22-26-16)14-3-4-15(20-11-14)24-7-1-2-8-24/h3-4,11,13H,1-2,5-10,12H2,(H2,19,25). The van der Waals surface area contributed by atoms with Crippen molar-refractivity contribution in [2.24, 2.45) is 11.7 Å². The molecule has 8 heteroatoms. The maximum atomic E-state index is 11.2. The van der Waals surface area contributed by atoms with Crippen molar-refractivity contribution in [1.82, 2.24) is 20.0 Å². The average molecular weight is 356 g/mol. The Balaban J connectivity index is 1.36. The van der Waals surface area contributed by atoms with Gasteiger partial charge in [0.15, 0.2) is 0 Å². The van der Waals surface area contributed by atoms with Crippen LogP contribution in [0.15, 0.2) is 22.9 Å². The molecule has 0 atom stereocenters. The lowest BCUT2D eigenvalue weighted by Gasteiger charge is -2.29. The maximum Gasteiger partial charge on any atom is 0.241 e. The van der Waals surface area contributed by atoms with Gasteiger partial charge in [-0.2, -0.15) is 4.98 Å². The second-order valence-electron chi connectivity index (χ2n) is 7.06. The van der Waals surface area contributed by atoms with Crippen LogP contribution in [0.25, 0.3) is 11.4 Å². The van der Waals surface area contributed by atoms with Gasteiger partial charge in [-0.15, -0.1) is 0 Å². The molecule has 2 fully saturated rings. The number of hydrogen-bond donors (Lipinski definition) is 1. The van der Waals surface area contributed by atoms with E-state index in [0.29, 0.717) is 18.3 Å². The van der Waals surface area contributed by atoms with Crippen molar-refractivity contribution in [3.63, 3.8) is 0 Å². The number of piperidine rings is 1. The zero-order valence-corrected chi connectivity index (χ0v) is 14.8. The minimum Gasteiger partial charge on any atom is -0.369 e. The summed E-state index contributed by atoms with van der Waals surface area (Å²) in [4.78, 5) is 24.8. The Labute approximate surface area is 152 Å². The van der Waals surface area contributed by atoms with E-state index in [9.17, 15) is 4.79 Å². The first-order chi connectivity index (χ1) is 12.7. The van der Waals surface area contributed by atoms with Crippen molar-refractivity contribution in [3.8, 4) is 11.4 Å². The number of aromatic nitrogens is 3. The molecule has 8 nitrogen and oxygen atoms in total. The summed E-state index contributed by atoms with van der Waals surface area (Å²) in [6, 6.07) is 4.01. The Bertz CT molecular complexity index is 745. The lowest BCUT2D eigenvalue weighted by atomic mass is 9.96. The topological polar surface area (TPSA) is 101 Å². The fraction of sp³-hybridized carbons (Fsp3) is 0.556. The molecule has 0 aliphatic carbocycles. The van der Waals surface area contributed by atoms with Gasteiger partial charge in [-0.05, 0) is 50.9 Å². The summed E-state index contributed by atoms with van der Waals surface area (Å²) in [5.74, 6) is 1.94. The van der Waals surface area contributed by atoms with Gasteiger partial charge >= 0.3 is 0 Å². The molecule has 0 bridgehead atoms. The molecular formula is C18H24N6O2. The molecular weight excluding hydrogens is 332 g/mol. The van der Waals surface area contributed by atoms with E-state index >= 15 is 0 Å². The zero-order chi connectivity index (χ0) is 17.9. The maximum absolute atomic E-state index is 11.2. The van der Waals surface area contributed by atoms with E-state index in [1.165, 1.54) is 12.8 Å². The number of hydrogen-bond acceptors (Lipinski definition) is 7. The molecule has 1 amide bonds. The number of pyridine rings is 1. The predicted octanol–water partition coefficient (Wildman–Crippen LogP) is 1.43. The number of amides is 1. The van der Waals surface area contributed by atoms with Crippen molar-refractivity contribution in [1.29, 1.82) is 0 Å². The molecule has 0 spiro atoms. The van der Waals surface area contributed by atoms with Crippen LogP contribution in [-0.4, -0.2) is 52.1 Å². The number of primary amides is 1. The van der Waals surface area contributed by atoms with E-state index in [4.69, 9.17) is 10.3 Å². The number of nitrogens with two attached hydrogens (primary N) is 1. The smallest absolute Gasteiger partial charge is 0.241 e. The van der Waals surface area contributed by atoms with E-state index in [0.717, 1.165) is 50.4 Å². The monoisotopic (exact) mass is 356 g/mol. The molecule has 2 aliphatic heterocycles. The van der Waals surface area contributed by atoms with E-state index in [-0.39, 0.29) is 11.8 Å². The summed E-state index contributed by atoms with van der Waals surface area (Å²) in [6.07, 6.45) is 5.85. The molecule has 0 saturated carbocycles. The Kier molecular flexibility index (Phi) is 4.83. The number of nitrogens with zero attached hydrogens (tertiary/aromatic N) is 5. The van der Waals surface area contributed by atoms with Crippen molar-refractivity contribution >= 4 is 11.7 Å². The van der Waals surface area contributed by atoms with Crippen molar-refractivity contribution in [2.45, 2.75) is 32.2 Å². The summed E-state index contributed by atoms with van der Waals surface area (Å²) < 4.78 is 5.39. The minimum atomic E-state index is -0.199. The number of rotatable bonds is 5. The van der Waals surface area contributed by atoms with Crippen molar-refractivity contribution in [3.05, 3.63) is 24.2 Å². The fourth-order valence-electron chi connectivity index (χ4n) is 3.65. The van der Waals surface area contributed by atoms with Gasteiger partial charge < -0.3 is 15.2 Å². The minimum absolute atomic E-state index is 0.00954. The molecule has 26 heavy (non-hydrogen) atoms. The van der Waals surface area contributed by atoms with Crippen molar-refractivity contribution < 1.29 is 9.32 Å². The highest BCUT2D eigenvalue weighted by Gasteiger charge is 2.24. The van der Waals surface area contributed by atoms with Crippen LogP contribution < -0.4 is 10.6 Å². The average Bonchev–Trinajstić information content (AvgIpc) is 3.34. The van der Waals surface area contributed by atoms with Crippen LogP contribution in [0.1, 0.15) is 31.6 Å². The Morgan fingerprint density at radius 2 is 1.96 bits per heavy atom. The van der Waals surface area contributed by atoms with Crippen LogP contribution in [0.4, 0.5) is 5.82 Å². The third kappa shape index (κ3) is 3.70. The van der Waals surface area contributed by atoms with Crippen LogP contribution in [0.3, 0.4) is 0 Å². The van der Waals surface area contributed by atoms with Gasteiger partial charge in [0.05, 0.1) is 6.54 Å². The third-order valence-corrected chi connectivity index (χ3v) is 5.25. The molecule has 4 rings (SSSR count). The normalized spacial score (nSPS) is 19.2. The SMILES string of the molecule is NC(=O)C1CCN(Cc2nc(-c3ccc(N4CCCC4)nc3)no2)CC1. The summed E-state index contributed by atoms with van der Waals surface area (Å²) in [7, 11) is 0. The molecule has 4 heterocycles. The molecule has 2 aromatic heterocycles. The molecule has 0 radical (unpaired) electrons. The summed E-state index contributed by atoms with van der Waals surface area (Å²) >= 11 is 0. The largest absolute Gasteiger partial charge is 0.369 e. The van der Waals surface area contributed by atoms with Gasteiger partial charge in [-0.1, -0.05) is 5.16 Å². The molecule has 0 aromatic carbocycles. The highest BCUT2D eigenvalue weighted by Crippen LogP contribution is 2.22. The van der Waals surface area contributed by atoms with Crippen LogP contribution in [-0.2, 0) is 11.3 Å². The second-order valence-corrected chi connectivity index (χ2v) is 7.06. The molecule has 2 aliphatic rings. The van der Waals surface area contributed by atoms with Crippen LogP contribution >= 0.6 is 0 Å². The van der Waals surface area contributed by atoms with Gasteiger partial charge in [-0.25, -0.2) is 4.98 Å². The first kappa shape index (κ1) is 17.0. The Morgan fingerprint density at radius 3 is 2.62 bits per heavy atom. The molecule has 0 unspecified atom stereocenters. The first-order valence-corrected chi connectivity index (χ1v) is 9.24. The highest BCUT2D eigenvalue weighted by atomic mass is 16.5. The number of carbonyl (C=O) groups is 1. The van der Waals surface area contributed by atoms with Crippen LogP contribution in [0.2, 0.25) is 0 Å². The van der Waals surface area contributed by atoms with E-state index in [1.54, 1.807) is 6.20 Å². The molecule has 138 valence electrons. The molecule has 2 aromatic rings. The summed E-state index contributed by atoms with van der Waals surface area (Å²) in [5.41, 5.74) is 6.23. The van der Waals surface area contributed by atoms with Gasteiger partial charge in [0.25, 0.3) is 0 Å². The molecule has 2 N–H and O–H groups in total. The molecule has 2 saturated heterocycles. The third-order valence-electron chi connectivity index (χ3n) is 5.25. The van der Waals surface area contributed by atoms with Gasteiger partial charge in [0.2, 0.25) is 17.6 Å². The van der Waals surface area contributed by atoms with Crippen LogP contribution in [0, 0.1) is 5.92 Å². The number of carbonyl (C=O) groups excluding carboxylic acids is 1. The number of anilines is 1. The Morgan fingerprint density at radius 1 is 1.19 bits per heavy atom. The van der Waals surface area contributed by atoms with E-state index < -0.39 is 0 Å². The summed E-state index contributed by atoms with van der Waals surface area (Å²) in [5, 5.41) is 4.08. The first-order valence-electron chi connectivity index (χ1n) is 9.24. The lowest BCUT2D eigenvalue weighted by molar-refractivity contribution is -0.123. The lowest BCUT2D eigenvalue weighted by Crippen LogP contribution is -2.38. The van der Waals surface area contributed by atoms with Crippen LogP contribution in [0.5, 0.6) is 0 Å². The highest BCUT2D eigenvalue weighted by molar-refractivity contribution is 5.76. The predicted molar refractivity (Wildman–Crippen MR) is 96.2 cm³/mol. The van der Waals surface area contributed by atoms with E-state index in [2.05, 4.69) is 24.9 Å².